The van der Waals surface area contributed by atoms with Crippen molar-refractivity contribution in [3.8, 4) is 0 Å². The van der Waals surface area contributed by atoms with E-state index in [1.54, 1.807) is 5.56 Å². The van der Waals surface area contributed by atoms with E-state index < -0.39 is 0 Å². The summed E-state index contributed by atoms with van der Waals surface area (Å²) in [6.07, 6.45) is 2.71. The van der Waals surface area contributed by atoms with Crippen LogP contribution in [0, 0.1) is 6.92 Å². The summed E-state index contributed by atoms with van der Waals surface area (Å²) in [4.78, 5) is 3.61. The van der Waals surface area contributed by atoms with Gasteiger partial charge in [0.2, 0.25) is 0 Å². The predicted octanol–water partition coefficient (Wildman–Crippen LogP) is 4.51. The summed E-state index contributed by atoms with van der Waals surface area (Å²) in [6.45, 7) is 2.23. The molecule has 1 fully saturated rings. The van der Waals surface area contributed by atoms with E-state index in [0.717, 1.165) is 5.92 Å². The minimum Gasteiger partial charge on any atom is -0.354 e. The number of benzene rings is 2. The van der Waals surface area contributed by atoms with Crippen molar-refractivity contribution in [3.05, 3.63) is 47.5 Å². The number of H-pyrrole nitrogens is 1. The Bertz CT molecular complexity index is 717. The molecule has 1 aromatic heterocycles. The van der Waals surface area contributed by atoms with Gasteiger partial charge < -0.3 is 4.98 Å². The van der Waals surface area contributed by atoms with Crippen molar-refractivity contribution < 1.29 is 0 Å². The van der Waals surface area contributed by atoms with Crippen LogP contribution in [0.2, 0.25) is 0 Å². The van der Waals surface area contributed by atoms with Crippen LogP contribution in [-0.2, 0) is 0 Å². The fourth-order valence-corrected chi connectivity index (χ4v) is 2.94. The maximum Gasteiger partial charge on any atom is 0.0502 e. The van der Waals surface area contributed by atoms with Gasteiger partial charge in [0.05, 0.1) is 5.52 Å². The topological polar surface area (TPSA) is 15.8 Å². The van der Waals surface area contributed by atoms with E-state index in [0.29, 0.717) is 0 Å². The fraction of sp³-hybridized carbons (Fsp3) is 0.250. The van der Waals surface area contributed by atoms with Crippen LogP contribution in [0.1, 0.15) is 29.9 Å². The zero-order valence-electron chi connectivity index (χ0n) is 9.96. The number of hydrogen-bond acceptors (Lipinski definition) is 0. The number of para-hydroxylation sites is 1. The third-order valence-corrected chi connectivity index (χ3v) is 3.93. The van der Waals surface area contributed by atoms with Crippen molar-refractivity contribution in [2.45, 2.75) is 25.7 Å². The largest absolute Gasteiger partial charge is 0.354 e. The van der Waals surface area contributed by atoms with E-state index in [-0.39, 0.29) is 0 Å². The van der Waals surface area contributed by atoms with Crippen molar-refractivity contribution in [2.75, 3.05) is 0 Å². The monoisotopic (exact) mass is 221 g/mol. The van der Waals surface area contributed by atoms with Crippen LogP contribution < -0.4 is 0 Å². The molecular weight excluding hydrogens is 206 g/mol. The first-order chi connectivity index (χ1) is 8.34. The van der Waals surface area contributed by atoms with E-state index in [1.807, 2.05) is 0 Å². The molecule has 84 valence electrons. The van der Waals surface area contributed by atoms with Gasteiger partial charge in [-0.25, -0.2) is 0 Å². The van der Waals surface area contributed by atoms with Crippen molar-refractivity contribution in [3.63, 3.8) is 0 Å². The standard InChI is InChI=1S/C16H15N/c1-10-6-9-13-12-4-2-3-5-14(12)17-16(13)15(10)11-7-8-11/h2-6,9,11,17H,7-8H2,1H3. The molecule has 2 aromatic carbocycles. The lowest BCUT2D eigenvalue weighted by molar-refractivity contribution is 1.11. The lowest BCUT2D eigenvalue weighted by Gasteiger charge is -2.05. The van der Waals surface area contributed by atoms with Crippen LogP contribution in [0.5, 0.6) is 0 Å². The molecule has 1 saturated carbocycles. The van der Waals surface area contributed by atoms with E-state index in [2.05, 4.69) is 48.3 Å². The number of hydrogen-bond donors (Lipinski definition) is 1. The number of nitrogens with one attached hydrogen (secondary N) is 1. The zero-order chi connectivity index (χ0) is 11.4. The summed E-state index contributed by atoms with van der Waals surface area (Å²) in [5, 5.41) is 2.73. The Hall–Kier alpha value is -1.76. The summed E-state index contributed by atoms with van der Waals surface area (Å²) in [7, 11) is 0. The van der Waals surface area contributed by atoms with Gasteiger partial charge in [-0.15, -0.1) is 0 Å². The molecule has 1 nitrogen and oxygen atoms in total. The first-order valence-corrected chi connectivity index (χ1v) is 6.34. The van der Waals surface area contributed by atoms with E-state index in [9.17, 15) is 0 Å². The Labute approximate surface area is 100 Å². The second kappa shape index (κ2) is 3.13. The Morgan fingerprint density at radius 2 is 1.82 bits per heavy atom. The minimum absolute atomic E-state index is 0.798. The Morgan fingerprint density at radius 1 is 1.00 bits per heavy atom. The highest BCUT2D eigenvalue weighted by atomic mass is 14.7. The second-order valence-corrected chi connectivity index (χ2v) is 5.16. The summed E-state index contributed by atoms with van der Waals surface area (Å²) in [5.41, 5.74) is 5.62. The van der Waals surface area contributed by atoms with Crippen LogP contribution in [0.25, 0.3) is 21.8 Å². The fourth-order valence-electron chi connectivity index (χ4n) is 2.94. The molecule has 0 saturated heterocycles. The van der Waals surface area contributed by atoms with Crippen LogP contribution >= 0.6 is 0 Å². The highest BCUT2D eigenvalue weighted by molar-refractivity contribution is 6.08. The molecule has 1 heteroatoms. The lowest BCUT2D eigenvalue weighted by Crippen LogP contribution is -1.87. The molecular formula is C16H15N. The predicted molar refractivity (Wildman–Crippen MR) is 72.5 cm³/mol. The van der Waals surface area contributed by atoms with Crippen LogP contribution in [-0.4, -0.2) is 4.98 Å². The van der Waals surface area contributed by atoms with Crippen molar-refractivity contribution in [2.24, 2.45) is 0 Å². The van der Waals surface area contributed by atoms with Gasteiger partial charge in [0.25, 0.3) is 0 Å². The first-order valence-electron chi connectivity index (χ1n) is 6.34. The molecule has 0 unspecified atom stereocenters. The first kappa shape index (κ1) is 9.29. The smallest absolute Gasteiger partial charge is 0.0502 e. The van der Waals surface area contributed by atoms with Crippen molar-refractivity contribution in [1.29, 1.82) is 0 Å². The molecule has 1 heterocycles. The van der Waals surface area contributed by atoms with E-state index in [1.165, 1.54) is 40.2 Å². The Morgan fingerprint density at radius 3 is 2.65 bits per heavy atom. The number of aromatic nitrogens is 1. The zero-order valence-corrected chi connectivity index (χ0v) is 9.96. The molecule has 0 bridgehead atoms. The Kier molecular flexibility index (Phi) is 1.71. The summed E-state index contributed by atoms with van der Waals surface area (Å²) in [5.74, 6) is 0.798. The van der Waals surface area contributed by atoms with Gasteiger partial charge in [-0.05, 0) is 42.9 Å². The molecule has 0 atom stereocenters. The molecule has 4 rings (SSSR count). The van der Waals surface area contributed by atoms with Crippen LogP contribution in [0.15, 0.2) is 36.4 Å². The molecule has 1 N–H and O–H groups in total. The van der Waals surface area contributed by atoms with E-state index >= 15 is 0 Å². The van der Waals surface area contributed by atoms with Crippen LogP contribution in [0.4, 0.5) is 0 Å². The molecule has 0 spiro atoms. The number of rotatable bonds is 1. The maximum atomic E-state index is 3.61. The molecule has 3 aromatic rings. The Balaban J connectivity index is 2.19. The minimum atomic E-state index is 0.798. The van der Waals surface area contributed by atoms with Gasteiger partial charge in [-0.2, -0.15) is 0 Å². The summed E-state index contributed by atoms with van der Waals surface area (Å²) < 4.78 is 0. The number of fused-ring (bicyclic) bond motifs is 3. The van der Waals surface area contributed by atoms with Gasteiger partial charge in [0.1, 0.15) is 0 Å². The van der Waals surface area contributed by atoms with Crippen molar-refractivity contribution >= 4 is 21.8 Å². The molecule has 1 aliphatic rings. The third-order valence-electron chi connectivity index (χ3n) is 3.93. The maximum absolute atomic E-state index is 3.61. The van der Waals surface area contributed by atoms with Gasteiger partial charge in [-0.3, -0.25) is 0 Å². The van der Waals surface area contributed by atoms with Gasteiger partial charge in [0, 0.05) is 16.3 Å². The van der Waals surface area contributed by atoms with Crippen LogP contribution in [0.3, 0.4) is 0 Å². The molecule has 1 aliphatic carbocycles. The van der Waals surface area contributed by atoms with E-state index in [4.69, 9.17) is 0 Å². The lowest BCUT2D eigenvalue weighted by atomic mass is 10.0. The molecule has 0 amide bonds. The van der Waals surface area contributed by atoms with Crippen molar-refractivity contribution in [1.82, 2.24) is 4.98 Å². The summed E-state index contributed by atoms with van der Waals surface area (Å²) >= 11 is 0. The molecule has 0 aliphatic heterocycles. The van der Waals surface area contributed by atoms with Gasteiger partial charge in [0.15, 0.2) is 0 Å². The molecule has 17 heavy (non-hydrogen) atoms. The normalized spacial score (nSPS) is 15.8. The van der Waals surface area contributed by atoms with Gasteiger partial charge >= 0.3 is 0 Å². The highest BCUT2D eigenvalue weighted by Crippen LogP contribution is 2.45. The average molecular weight is 221 g/mol. The quantitative estimate of drug-likeness (QED) is 0.622. The second-order valence-electron chi connectivity index (χ2n) is 5.16. The molecule has 0 radical (unpaired) electrons. The van der Waals surface area contributed by atoms with Gasteiger partial charge in [-0.1, -0.05) is 30.3 Å². The SMILES string of the molecule is Cc1ccc2c([nH]c3ccccc32)c1C1CC1. The number of aryl methyl sites for hydroxylation is 1. The number of aromatic amines is 1. The summed E-state index contributed by atoms with van der Waals surface area (Å²) in [6, 6.07) is 13.1. The average Bonchev–Trinajstić information content (AvgIpc) is 3.09. The third kappa shape index (κ3) is 1.25. The highest BCUT2D eigenvalue weighted by Gasteiger charge is 2.27.